The Labute approximate surface area is 314 Å². The van der Waals surface area contributed by atoms with E-state index in [9.17, 15) is 5.26 Å². The first-order valence-electron chi connectivity index (χ1n) is 19.8. The van der Waals surface area contributed by atoms with Gasteiger partial charge in [-0.2, -0.15) is 5.26 Å². The van der Waals surface area contributed by atoms with Crippen LogP contribution in [-0.2, 0) is 21.7 Å². The number of rotatable bonds is 26. The Morgan fingerprint density at radius 3 is 1.45 bits per heavy atom. The van der Waals surface area contributed by atoms with Crippen molar-refractivity contribution in [3.8, 4) is 6.07 Å². The number of nitriles is 1. The topological polar surface area (TPSA) is 42.2 Å². The summed E-state index contributed by atoms with van der Waals surface area (Å²) in [7, 11) is 0. The Hall–Kier alpha value is -3.42. The van der Waals surface area contributed by atoms with E-state index in [1.54, 1.807) is 6.07 Å². The van der Waals surface area contributed by atoms with Gasteiger partial charge in [-0.25, -0.2) is 0 Å². The lowest BCUT2D eigenvalue weighted by Crippen LogP contribution is -2.36. The highest BCUT2D eigenvalue weighted by molar-refractivity contribution is 6.30. The molecule has 272 valence electrons. The number of benzene rings is 4. The van der Waals surface area contributed by atoms with E-state index >= 15 is 0 Å². The highest BCUT2D eigenvalue weighted by atomic mass is 35.5. The molecule has 1 atom stereocenters. The number of unbranched alkanes of at least 4 members (excludes halogenated alkanes) is 15. The molecule has 0 amide bonds. The van der Waals surface area contributed by atoms with Crippen molar-refractivity contribution < 1.29 is 9.47 Å². The Balaban J connectivity index is 1.34. The van der Waals surface area contributed by atoms with Gasteiger partial charge in [-0.3, -0.25) is 0 Å². The molecule has 0 unspecified atom stereocenters. The van der Waals surface area contributed by atoms with E-state index in [1.165, 1.54) is 96.3 Å². The van der Waals surface area contributed by atoms with E-state index < -0.39 is 5.60 Å². The van der Waals surface area contributed by atoms with Gasteiger partial charge in [0, 0.05) is 5.02 Å². The standard InChI is InChI=1S/C47H60ClNO2/c1-2-3-4-5-6-7-8-9-10-11-12-13-14-15-16-26-33-46(50-38-41-34-40(37-49)35-45(48)36-41)39-51-47(42-27-20-17-21-28-42,43-29-22-18-23-30-43)44-31-24-19-25-32-44/h17-25,27-32,34-36,46H,2-16,26,33,38-39H2,1H3/t46-/m0/s1. The van der Waals surface area contributed by atoms with Crippen LogP contribution in [-0.4, -0.2) is 12.7 Å². The van der Waals surface area contributed by atoms with Gasteiger partial charge in [-0.1, -0.05) is 212 Å². The first-order valence-corrected chi connectivity index (χ1v) is 20.1. The minimum Gasteiger partial charge on any atom is -0.371 e. The van der Waals surface area contributed by atoms with Gasteiger partial charge >= 0.3 is 0 Å². The molecule has 3 nitrogen and oxygen atoms in total. The maximum Gasteiger partial charge on any atom is 0.143 e. The molecule has 0 spiro atoms. The quantitative estimate of drug-likeness (QED) is 0.0482. The Bertz CT molecular complexity index is 1420. The van der Waals surface area contributed by atoms with Gasteiger partial charge in [0.05, 0.1) is 31.0 Å². The fourth-order valence-corrected chi connectivity index (χ4v) is 7.39. The summed E-state index contributed by atoms with van der Waals surface area (Å²) < 4.78 is 13.8. The van der Waals surface area contributed by atoms with Crippen LogP contribution >= 0.6 is 11.6 Å². The summed E-state index contributed by atoms with van der Waals surface area (Å²) in [6.45, 7) is 3.08. The molecule has 0 aliphatic carbocycles. The summed E-state index contributed by atoms with van der Waals surface area (Å²) in [5.41, 5.74) is 3.88. The minimum atomic E-state index is -0.802. The van der Waals surface area contributed by atoms with Gasteiger partial charge < -0.3 is 9.47 Å². The van der Waals surface area contributed by atoms with Gasteiger partial charge in [-0.15, -0.1) is 0 Å². The molecule has 0 aliphatic rings. The summed E-state index contributed by atoms with van der Waals surface area (Å²) in [6.07, 6.45) is 22.3. The summed E-state index contributed by atoms with van der Waals surface area (Å²) in [4.78, 5) is 0. The lowest BCUT2D eigenvalue weighted by Gasteiger charge is -2.37. The van der Waals surface area contributed by atoms with Gasteiger partial charge in [0.25, 0.3) is 0 Å². The van der Waals surface area contributed by atoms with Crippen LogP contribution < -0.4 is 0 Å². The Kier molecular flexibility index (Phi) is 18.9. The van der Waals surface area contributed by atoms with E-state index in [1.807, 2.05) is 30.3 Å². The van der Waals surface area contributed by atoms with Crippen molar-refractivity contribution in [2.24, 2.45) is 0 Å². The molecule has 0 bridgehead atoms. The van der Waals surface area contributed by atoms with Crippen molar-refractivity contribution in [2.45, 2.75) is 134 Å². The molecule has 4 aromatic carbocycles. The molecular weight excluding hydrogens is 646 g/mol. The zero-order valence-electron chi connectivity index (χ0n) is 31.0. The fraction of sp³-hybridized carbons (Fsp3) is 0.468. The molecule has 0 heterocycles. The minimum absolute atomic E-state index is 0.128. The zero-order valence-corrected chi connectivity index (χ0v) is 31.8. The highest BCUT2D eigenvalue weighted by Gasteiger charge is 2.38. The second-order valence-corrected chi connectivity index (χ2v) is 14.5. The van der Waals surface area contributed by atoms with Crippen LogP contribution in [0.1, 0.15) is 144 Å². The van der Waals surface area contributed by atoms with Crippen LogP contribution in [0.3, 0.4) is 0 Å². The van der Waals surface area contributed by atoms with Crippen molar-refractivity contribution in [2.75, 3.05) is 6.61 Å². The van der Waals surface area contributed by atoms with Crippen LogP contribution in [0.2, 0.25) is 5.02 Å². The summed E-state index contributed by atoms with van der Waals surface area (Å²) in [5, 5.41) is 10.1. The third-order valence-electron chi connectivity index (χ3n) is 9.98. The van der Waals surface area contributed by atoms with Gasteiger partial charge in [0.15, 0.2) is 0 Å². The normalized spacial score (nSPS) is 12.1. The van der Waals surface area contributed by atoms with Gasteiger partial charge in [0.1, 0.15) is 5.60 Å². The third-order valence-corrected chi connectivity index (χ3v) is 10.2. The number of hydrogen-bond donors (Lipinski definition) is 0. The zero-order chi connectivity index (χ0) is 35.8. The summed E-state index contributed by atoms with van der Waals surface area (Å²) in [5.74, 6) is 0. The van der Waals surface area contributed by atoms with E-state index in [4.69, 9.17) is 21.1 Å². The highest BCUT2D eigenvalue weighted by Crippen LogP contribution is 2.41. The van der Waals surface area contributed by atoms with Crippen LogP contribution in [0.4, 0.5) is 0 Å². The molecule has 0 saturated carbocycles. The van der Waals surface area contributed by atoms with E-state index in [0.717, 1.165) is 35.1 Å². The van der Waals surface area contributed by atoms with E-state index in [0.29, 0.717) is 23.8 Å². The fourth-order valence-electron chi connectivity index (χ4n) is 7.13. The summed E-state index contributed by atoms with van der Waals surface area (Å²) in [6, 6.07) is 39.2. The molecule has 4 rings (SSSR count). The van der Waals surface area contributed by atoms with E-state index in [2.05, 4.69) is 85.8 Å². The first kappa shape index (κ1) is 40.4. The Morgan fingerprint density at radius 1 is 0.588 bits per heavy atom. The van der Waals surface area contributed by atoms with E-state index in [-0.39, 0.29) is 6.10 Å². The average molecular weight is 706 g/mol. The molecule has 4 aromatic rings. The predicted molar refractivity (Wildman–Crippen MR) is 214 cm³/mol. The second kappa shape index (κ2) is 23.9. The number of hydrogen-bond acceptors (Lipinski definition) is 3. The smallest absolute Gasteiger partial charge is 0.143 e. The monoisotopic (exact) mass is 705 g/mol. The molecule has 0 fully saturated rings. The molecule has 0 aliphatic heterocycles. The predicted octanol–water partition coefficient (Wildman–Crippen LogP) is 13.8. The maximum absolute atomic E-state index is 9.50. The van der Waals surface area contributed by atoms with Crippen LogP contribution in [0.5, 0.6) is 0 Å². The lowest BCUT2D eigenvalue weighted by atomic mass is 9.80. The molecule has 4 heteroatoms. The first-order chi connectivity index (χ1) is 25.2. The molecule has 0 saturated heterocycles. The van der Waals surface area contributed by atoms with Crippen LogP contribution in [0.15, 0.2) is 109 Å². The van der Waals surface area contributed by atoms with Crippen LogP contribution in [0, 0.1) is 11.3 Å². The van der Waals surface area contributed by atoms with Gasteiger partial charge in [-0.05, 0) is 46.9 Å². The van der Waals surface area contributed by atoms with Crippen molar-refractivity contribution in [3.63, 3.8) is 0 Å². The molecule has 0 aromatic heterocycles. The molecular formula is C47H60ClNO2. The van der Waals surface area contributed by atoms with Crippen molar-refractivity contribution in [1.82, 2.24) is 0 Å². The number of ether oxygens (including phenoxy) is 2. The lowest BCUT2D eigenvalue weighted by molar-refractivity contribution is -0.0731. The largest absolute Gasteiger partial charge is 0.371 e. The number of nitrogens with zero attached hydrogens (tertiary/aromatic N) is 1. The van der Waals surface area contributed by atoms with Crippen LogP contribution in [0.25, 0.3) is 0 Å². The molecule has 0 N–H and O–H groups in total. The second-order valence-electron chi connectivity index (χ2n) is 14.1. The number of halogens is 1. The van der Waals surface area contributed by atoms with Crippen molar-refractivity contribution in [1.29, 1.82) is 5.26 Å². The third kappa shape index (κ3) is 13.9. The average Bonchev–Trinajstić information content (AvgIpc) is 3.17. The van der Waals surface area contributed by atoms with Crippen molar-refractivity contribution >= 4 is 11.6 Å². The summed E-state index contributed by atoms with van der Waals surface area (Å²) >= 11 is 6.35. The van der Waals surface area contributed by atoms with Crippen molar-refractivity contribution in [3.05, 3.63) is 142 Å². The molecule has 51 heavy (non-hydrogen) atoms. The van der Waals surface area contributed by atoms with Gasteiger partial charge in [0.2, 0.25) is 0 Å². The molecule has 0 radical (unpaired) electrons. The Morgan fingerprint density at radius 2 is 1.02 bits per heavy atom. The SMILES string of the molecule is CCCCCCCCCCCCCCCCCC[C@@H](COC(c1ccccc1)(c1ccccc1)c1ccccc1)OCc1cc(Cl)cc(C#N)c1. The maximum atomic E-state index is 9.50.